The predicted octanol–water partition coefficient (Wildman–Crippen LogP) is 2.62. The van der Waals surface area contributed by atoms with Crippen molar-refractivity contribution in [2.75, 3.05) is 24.2 Å². The monoisotopic (exact) mass is 300 g/mol. The second-order valence-corrected chi connectivity index (χ2v) is 6.63. The van der Waals surface area contributed by atoms with Crippen LogP contribution >= 0.6 is 0 Å². The lowest BCUT2D eigenvalue weighted by molar-refractivity contribution is -0.384. The van der Waals surface area contributed by atoms with Crippen LogP contribution in [-0.4, -0.2) is 32.7 Å². The summed E-state index contributed by atoms with van der Waals surface area (Å²) in [6.07, 6.45) is 2.96. The lowest BCUT2D eigenvalue weighted by Crippen LogP contribution is -2.24. The Labute approximate surface area is 119 Å². The van der Waals surface area contributed by atoms with Gasteiger partial charge in [-0.25, -0.2) is 8.42 Å². The predicted molar refractivity (Wildman–Crippen MR) is 79.0 cm³/mol. The van der Waals surface area contributed by atoms with Gasteiger partial charge in [-0.3, -0.25) is 10.1 Å². The molecule has 0 atom stereocenters. The minimum Gasteiger partial charge on any atom is -0.366 e. The molecule has 0 saturated carbocycles. The maximum Gasteiger partial charge on any atom is 0.293 e. The Bertz CT molecular complexity index is 584. The first-order chi connectivity index (χ1) is 9.31. The molecule has 0 fully saturated rings. The third-order valence-electron chi connectivity index (χ3n) is 3.08. The number of anilines is 1. The van der Waals surface area contributed by atoms with E-state index in [0.29, 0.717) is 18.8 Å². The lowest BCUT2D eigenvalue weighted by Gasteiger charge is -2.22. The van der Waals surface area contributed by atoms with Gasteiger partial charge in [-0.1, -0.05) is 13.3 Å². The van der Waals surface area contributed by atoms with Crippen molar-refractivity contribution in [3.8, 4) is 0 Å². The van der Waals surface area contributed by atoms with Gasteiger partial charge in [-0.15, -0.1) is 0 Å². The molecule has 0 unspecified atom stereocenters. The first-order valence-electron chi connectivity index (χ1n) is 6.54. The molecule has 0 bridgehead atoms. The van der Waals surface area contributed by atoms with Crippen LogP contribution in [0.25, 0.3) is 0 Å². The van der Waals surface area contributed by atoms with Crippen molar-refractivity contribution in [3.05, 3.63) is 28.3 Å². The van der Waals surface area contributed by atoms with E-state index in [2.05, 4.69) is 6.92 Å². The Balaban J connectivity index is 3.29. The van der Waals surface area contributed by atoms with E-state index in [0.717, 1.165) is 25.2 Å². The summed E-state index contributed by atoms with van der Waals surface area (Å²) in [5.74, 6) is 0. The van der Waals surface area contributed by atoms with Crippen molar-refractivity contribution in [2.24, 2.45) is 0 Å². The zero-order valence-electron chi connectivity index (χ0n) is 12.0. The normalized spacial score (nSPS) is 11.3. The quantitative estimate of drug-likeness (QED) is 0.571. The highest BCUT2D eigenvalue weighted by molar-refractivity contribution is 7.90. The molecule has 0 saturated heterocycles. The van der Waals surface area contributed by atoms with E-state index >= 15 is 0 Å². The fourth-order valence-electron chi connectivity index (χ4n) is 1.95. The van der Waals surface area contributed by atoms with Crippen LogP contribution in [0.2, 0.25) is 0 Å². The van der Waals surface area contributed by atoms with Gasteiger partial charge in [0.1, 0.15) is 5.69 Å². The first kappa shape index (κ1) is 16.4. The van der Waals surface area contributed by atoms with Crippen molar-refractivity contribution < 1.29 is 13.3 Å². The lowest BCUT2D eigenvalue weighted by atomic mass is 10.2. The van der Waals surface area contributed by atoms with Gasteiger partial charge in [-0.05, 0) is 25.5 Å². The molecule has 0 N–H and O–H groups in total. The maximum atomic E-state index is 11.5. The summed E-state index contributed by atoms with van der Waals surface area (Å²) in [6, 6.07) is 4.08. The summed E-state index contributed by atoms with van der Waals surface area (Å²) in [7, 11) is -3.45. The molecule has 7 heteroatoms. The van der Waals surface area contributed by atoms with Crippen LogP contribution in [0.5, 0.6) is 0 Å². The molecular formula is C13H20N2O4S. The molecule has 6 nitrogen and oxygen atoms in total. The molecule has 1 rings (SSSR count). The SMILES string of the molecule is CCCCN(CC)c1ccc(S(C)(=O)=O)cc1[N+](=O)[O-]. The number of nitrogens with zero attached hydrogens (tertiary/aromatic N) is 2. The van der Waals surface area contributed by atoms with Crippen LogP contribution in [0.1, 0.15) is 26.7 Å². The summed E-state index contributed by atoms with van der Waals surface area (Å²) in [4.78, 5) is 12.5. The van der Waals surface area contributed by atoms with Crippen molar-refractivity contribution >= 4 is 21.2 Å². The first-order valence-corrected chi connectivity index (χ1v) is 8.43. The van der Waals surface area contributed by atoms with E-state index in [9.17, 15) is 18.5 Å². The summed E-state index contributed by atoms with van der Waals surface area (Å²) in [6.45, 7) is 5.32. The minimum atomic E-state index is -3.45. The molecule has 112 valence electrons. The second kappa shape index (κ2) is 6.69. The number of hydrogen-bond donors (Lipinski definition) is 0. The molecule has 0 aromatic heterocycles. The van der Waals surface area contributed by atoms with Crippen LogP contribution in [0, 0.1) is 10.1 Å². The molecule has 0 heterocycles. The number of benzene rings is 1. The van der Waals surface area contributed by atoms with E-state index in [1.54, 1.807) is 0 Å². The third kappa shape index (κ3) is 3.93. The fourth-order valence-corrected chi connectivity index (χ4v) is 2.59. The number of rotatable bonds is 7. The maximum absolute atomic E-state index is 11.5. The molecular weight excluding hydrogens is 280 g/mol. The van der Waals surface area contributed by atoms with Crippen LogP contribution in [0.15, 0.2) is 23.1 Å². The van der Waals surface area contributed by atoms with Crippen molar-refractivity contribution in [3.63, 3.8) is 0 Å². The number of sulfone groups is 1. The third-order valence-corrected chi connectivity index (χ3v) is 4.19. The minimum absolute atomic E-state index is 0.0282. The van der Waals surface area contributed by atoms with Gasteiger partial charge >= 0.3 is 0 Å². The summed E-state index contributed by atoms with van der Waals surface area (Å²) < 4.78 is 23.0. The molecule has 1 aromatic carbocycles. The molecule has 20 heavy (non-hydrogen) atoms. The van der Waals surface area contributed by atoms with Gasteiger partial charge in [0.05, 0.1) is 9.82 Å². The highest BCUT2D eigenvalue weighted by Gasteiger charge is 2.21. The van der Waals surface area contributed by atoms with Crippen LogP contribution in [-0.2, 0) is 9.84 Å². The largest absolute Gasteiger partial charge is 0.366 e. The molecule has 0 spiro atoms. The zero-order valence-corrected chi connectivity index (χ0v) is 12.8. The second-order valence-electron chi connectivity index (χ2n) is 4.61. The number of nitro groups is 1. The topological polar surface area (TPSA) is 80.5 Å². The summed E-state index contributed by atoms with van der Waals surface area (Å²) >= 11 is 0. The van der Waals surface area contributed by atoms with E-state index in [-0.39, 0.29) is 10.6 Å². The average Bonchev–Trinajstić information content (AvgIpc) is 2.38. The van der Waals surface area contributed by atoms with E-state index in [4.69, 9.17) is 0 Å². The van der Waals surface area contributed by atoms with Gasteiger partial charge in [0, 0.05) is 25.4 Å². The molecule has 0 aliphatic rings. The fraction of sp³-hybridized carbons (Fsp3) is 0.538. The van der Waals surface area contributed by atoms with Crippen LogP contribution in [0.3, 0.4) is 0 Å². The Morgan fingerprint density at radius 3 is 2.40 bits per heavy atom. The van der Waals surface area contributed by atoms with Crippen LogP contribution < -0.4 is 4.90 Å². The van der Waals surface area contributed by atoms with Crippen molar-refractivity contribution in [1.82, 2.24) is 0 Å². The highest BCUT2D eigenvalue weighted by Crippen LogP contribution is 2.31. The van der Waals surface area contributed by atoms with Crippen LogP contribution in [0.4, 0.5) is 11.4 Å². The molecule has 0 aliphatic carbocycles. The Morgan fingerprint density at radius 2 is 1.95 bits per heavy atom. The summed E-state index contributed by atoms with van der Waals surface area (Å²) in [5, 5.41) is 11.2. The Morgan fingerprint density at radius 1 is 1.30 bits per heavy atom. The van der Waals surface area contributed by atoms with Gasteiger partial charge in [0.15, 0.2) is 9.84 Å². The van der Waals surface area contributed by atoms with Gasteiger partial charge in [0.2, 0.25) is 0 Å². The van der Waals surface area contributed by atoms with E-state index in [1.165, 1.54) is 12.1 Å². The molecule has 1 aromatic rings. The zero-order chi connectivity index (χ0) is 15.3. The van der Waals surface area contributed by atoms with Crippen molar-refractivity contribution in [1.29, 1.82) is 0 Å². The van der Waals surface area contributed by atoms with Gasteiger partial charge in [0.25, 0.3) is 5.69 Å². The number of unbranched alkanes of at least 4 members (excludes halogenated alkanes) is 1. The Kier molecular flexibility index (Phi) is 5.50. The van der Waals surface area contributed by atoms with Gasteiger partial charge < -0.3 is 4.90 Å². The highest BCUT2D eigenvalue weighted by atomic mass is 32.2. The van der Waals surface area contributed by atoms with E-state index < -0.39 is 14.8 Å². The number of hydrogen-bond acceptors (Lipinski definition) is 5. The average molecular weight is 300 g/mol. The standard InChI is InChI=1S/C13H20N2O4S/c1-4-6-9-14(5-2)12-8-7-11(20(3,18)19)10-13(12)15(16)17/h7-8,10H,4-6,9H2,1-3H3. The Hall–Kier alpha value is -1.63. The smallest absolute Gasteiger partial charge is 0.293 e. The van der Waals surface area contributed by atoms with Gasteiger partial charge in [-0.2, -0.15) is 0 Å². The van der Waals surface area contributed by atoms with Crippen molar-refractivity contribution in [2.45, 2.75) is 31.6 Å². The molecule has 0 aliphatic heterocycles. The number of nitro benzene ring substituents is 1. The molecule has 0 radical (unpaired) electrons. The van der Waals surface area contributed by atoms with E-state index in [1.807, 2.05) is 11.8 Å². The summed E-state index contributed by atoms with van der Waals surface area (Å²) in [5.41, 5.74) is 0.309. The molecule has 0 amide bonds.